The van der Waals surface area contributed by atoms with E-state index in [1.165, 1.54) is 27.7 Å². The molecule has 0 fully saturated rings. The molecule has 1 aliphatic heterocycles. The van der Waals surface area contributed by atoms with Crippen molar-refractivity contribution in [1.82, 2.24) is 9.88 Å². The number of hydrogen-bond acceptors (Lipinski definition) is 1. The van der Waals surface area contributed by atoms with Crippen molar-refractivity contribution >= 4 is 10.9 Å². The Labute approximate surface area is 83.5 Å². The molecule has 1 aliphatic rings. The van der Waals surface area contributed by atoms with E-state index in [0.717, 1.165) is 13.1 Å². The molecule has 72 valence electrons. The molecule has 0 atom stereocenters. The van der Waals surface area contributed by atoms with Gasteiger partial charge in [0.2, 0.25) is 0 Å². The summed E-state index contributed by atoms with van der Waals surface area (Å²) in [5.41, 5.74) is 5.65. The molecule has 2 nitrogen and oxygen atoms in total. The first-order valence-corrected chi connectivity index (χ1v) is 5.05. The van der Waals surface area contributed by atoms with Crippen LogP contribution in [-0.2, 0) is 20.1 Å². The number of hydrogen-bond donors (Lipinski definition) is 1. The van der Waals surface area contributed by atoms with Gasteiger partial charge in [-0.3, -0.25) is 0 Å². The first kappa shape index (κ1) is 8.06. The Kier molecular flexibility index (Phi) is 1.50. The highest BCUT2D eigenvalue weighted by Crippen LogP contribution is 2.29. The molecule has 0 saturated heterocycles. The maximum Gasteiger partial charge on any atom is 0.0483 e. The predicted molar refractivity (Wildman–Crippen MR) is 58.2 cm³/mol. The number of fused-ring (bicyclic) bond motifs is 3. The molecule has 0 radical (unpaired) electrons. The molecule has 0 spiro atoms. The summed E-state index contributed by atoms with van der Waals surface area (Å²) in [6.07, 6.45) is 0. The normalized spacial score (nSPS) is 15.0. The van der Waals surface area contributed by atoms with Gasteiger partial charge in [-0.05, 0) is 24.6 Å². The van der Waals surface area contributed by atoms with Gasteiger partial charge in [-0.1, -0.05) is 11.6 Å². The summed E-state index contributed by atoms with van der Waals surface area (Å²) in [5, 5.41) is 4.82. The minimum absolute atomic E-state index is 1.01. The number of nitrogens with one attached hydrogen (secondary N) is 1. The molecule has 14 heavy (non-hydrogen) atoms. The molecule has 0 aliphatic carbocycles. The lowest BCUT2D eigenvalue weighted by Crippen LogP contribution is -2.04. The highest BCUT2D eigenvalue weighted by molar-refractivity contribution is 5.86. The van der Waals surface area contributed by atoms with Gasteiger partial charge in [0.05, 0.1) is 0 Å². The SMILES string of the molecule is Cc1ccc2c(c1)c1c(n2C)CNC1. The monoisotopic (exact) mass is 186 g/mol. The van der Waals surface area contributed by atoms with Gasteiger partial charge in [0, 0.05) is 36.7 Å². The minimum Gasteiger partial charge on any atom is -0.346 e. The molecular formula is C12H14N2. The predicted octanol–water partition coefficient (Wildman–Crippen LogP) is 2.09. The summed E-state index contributed by atoms with van der Waals surface area (Å²) in [7, 11) is 2.16. The van der Waals surface area contributed by atoms with Crippen LogP contribution in [0.4, 0.5) is 0 Å². The maximum absolute atomic E-state index is 3.40. The van der Waals surface area contributed by atoms with E-state index in [0.29, 0.717) is 0 Å². The van der Waals surface area contributed by atoms with Crippen LogP contribution in [-0.4, -0.2) is 4.57 Å². The second-order valence-electron chi connectivity index (χ2n) is 4.11. The van der Waals surface area contributed by atoms with Crippen molar-refractivity contribution in [2.75, 3.05) is 0 Å². The van der Waals surface area contributed by atoms with Crippen LogP contribution in [0.3, 0.4) is 0 Å². The van der Waals surface area contributed by atoms with E-state index < -0.39 is 0 Å². The van der Waals surface area contributed by atoms with E-state index in [1.807, 2.05) is 0 Å². The molecule has 1 aromatic carbocycles. The zero-order chi connectivity index (χ0) is 9.71. The summed E-state index contributed by atoms with van der Waals surface area (Å²) >= 11 is 0. The van der Waals surface area contributed by atoms with Crippen molar-refractivity contribution in [1.29, 1.82) is 0 Å². The molecule has 2 heteroatoms. The number of rotatable bonds is 0. The summed E-state index contributed by atoms with van der Waals surface area (Å²) in [4.78, 5) is 0. The van der Waals surface area contributed by atoms with Gasteiger partial charge in [-0.2, -0.15) is 0 Å². The van der Waals surface area contributed by atoms with Crippen molar-refractivity contribution in [3.8, 4) is 0 Å². The van der Waals surface area contributed by atoms with Crippen LogP contribution >= 0.6 is 0 Å². The minimum atomic E-state index is 1.01. The average Bonchev–Trinajstić information content (AvgIpc) is 2.71. The lowest BCUT2D eigenvalue weighted by Gasteiger charge is -2.01. The molecule has 2 heterocycles. The van der Waals surface area contributed by atoms with Gasteiger partial charge in [0.15, 0.2) is 0 Å². The van der Waals surface area contributed by atoms with Gasteiger partial charge in [-0.25, -0.2) is 0 Å². The van der Waals surface area contributed by atoms with Crippen LogP contribution in [0.5, 0.6) is 0 Å². The van der Waals surface area contributed by atoms with E-state index in [9.17, 15) is 0 Å². The quantitative estimate of drug-likeness (QED) is 0.666. The Morgan fingerprint density at radius 2 is 2.14 bits per heavy atom. The van der Waals surface area contributed by atoms with Crippen LogP contribution in [0, 0.1) is 6.92 Å². The first-order chi connectivity index (χ1) is 6.77. The summed E-state index contributed by atoms with van der Waals surface area (Å²) in [5.74, 6) is 0. The van der Waals surface area contributed by atoms with Crippen LogP contribution in [0.15, 0.2) is 18.2 Å². The Morgan fingerprint density at radius 3 is 3.00 bits per heavy atom. The van der Waals surface area contributed by atoms with E-state index in [-0.39, 0.29) is 0 Å². The third-order valence-corrected chi connectivity index (χ3v) is 3.19. The van der Waals surface area contributed by atoms with Gasteiger partial charge < -0.3 is 9.88 Å². The van der Waals surface area contributed by atoms with Crippen molar-refractivity contribution in [3.63, 3.8) is 0 Å². The van der Waals surface area contributed by atoms with Crippen LogP contribution in [0.25, 0.3) is 10.9 Å². The van der Waals surface area contributed by atoms with Gasteiger partial charge >= 0.3 is 0 Å². The summed E-state index contributed by atoms with van der Waals surface area (Å²) < 4.78 is 2.31. The molecule has 0 amide bonds. The topological polar surface area (TPSA) is 17.0 Å². The molecule has 1 N–H and O–H groups in total. The zero-order valence-electron chi connectivity index (χ0n) is 8.59. The third-order valence-electron chi connectivity index (χ3n) is 3.19. The fourth-order valence-electron chi connectivity index (χ4n) is 2.42. The Morgan fingerprint density at radius 1 is 1.29 bits per heavy atom. The second-order valence-corrected chi connectivity index (χ2v) is 4.11. The van der Waals surface area contributed by atoms with E-state index in [2.05, 4.69) is 42.1 Å². The lowest BCUT2D eigenvalue weighted by molar-refractivity contribution is 0.733. The molecule has 3 rings (SSSR count). The fraction of sp³-hybridized carbons (Fsp3) is 0.333. The smallest absolute Gasteiger partial charge is 0.0483 e. The average molecular weight is 186 g/mol. The van der Waals surface area contributed by atoms with Gasteiger partial charge in [-0.15, -0.1) is 0 Å². The summed E-state index contributed by atoms with van der Waals surface area (Å²) in [6, 6.07) is 6.70. The van der Waals surface area contributed by atoms with E-state index in [4.69, 9.17) is 0 Å². The number of benzene rings is 1. The Balaban J connectivity index is 2.45. The standard InChI is InChI=1S/C12H14N2/c1-8-3-4-11-9(5-8)10-6-13-7-12(10)14(11)2/h3-5,13H,6-7H2,1-2H3. The van der Waals surface area contributed by atoms with Crippen LogP contribution in [0.1, 0.15) is 16.8 Å². The maximum atomic E-state index is 3.40. The molecular weight excluding hydrogens is 172 g/mol. The third kappa shape index (κ3) is 0.891. The van der Waals surface area contributed by atoms with E-state index >= 15 is 0 Å². The van der Waals surface area contributed by atoms with Crippen molar-refractivity contribution in [3.05, 3.63) is 35.0 Å². The highest BCUT2D eigenvalue weighted by Gasteiger charge is 2.18. The Hall–Kier alpha value is -1.28. The van der Waals surface area contributed by atoms with Gasteiger partial charge in [0.1, 0.15) is 0 Å². The highest BCUT2D eigenvalue weighted by atomic mass is 15.0. The largest absolute Gasteiger partial charge is 0.346 e. The molecule has 0 saturated carbocycles. The number of aryl methyl sites for hydroxylation is 2. The molecule has 0 bridgehead atoms. The Bertz CT molecular complexity index is 509. The van der Waals surface area contributed by atoms with Crippen LogP contribution in [0.2, 0.25) is 0 Å². The molecule has 2 aromatic rings. The van der Waals surface area contributed by atoms with Crippen molar-refractivity contribution in [2.24, 2.45) is 7.05 Å². The van der Waals surface area contributed by atoms with E-state index in [1.54, 1.807) is 0 Å². The number of aromatic nitrogens is 1. The molecule has 1 aromatic heterocycles. The van der Waals surface area contributed by atoms with Crippen molar-refractivity contribution < 1.29 is 0 Å². The number of nitrogens with zero attached hydrogens (tertiary/aromatic N) is 1. The zero-order valence-corrected chi connectivity index (χ0v) is 8.59. The van der Waals surface area contributed by atoms with Crippen LogP contribution < -0.4 is 5.32 Å². The summed E-state index contributed by atoms with van der Waals surface area (Å²) in [6.45, 7) is 4.19. The molecule has 0 unspecified atom stereocenters. The second kappa shape index (κ2) is 2.61. The lowest BCUT2D eigenvalue weighted by atomic mass is 10.1. The van der Waals surface area contributed by atoms with Gasteiger partial charge in [0.25, 0.3) is 0 Å². The fourth-order valence-corrected chi connectivity index (χ4v) is 2.42. The van der Waals surface area contributed by atoms with Crippen molar-refractivity contribution in [2.45, 2.75) is 20.0 Å². The first-order valence-electron chi connectivity index (χ1n) is 5.05.